The molecule has 0 saturated heterocycles. The minimum absolute atomic E-state index is 0.193. The van der Waals surface area contributed by atoms with Gasteiger partial charge in [-0.1, -0.05) is 0 Å². The molecule has 0 spiro atoms. The highest BCUT2D eigenvalue weighted by molar-refractivity contribution is 5.94. The molecular formula is C12H11NO4. The van der Waals surface area contributed by atoms with Crippen LogP contribution in [0.3, 0.4) is 0 Å². The van der Waals surface area contributed by atoms with Crippen LogP contribution in [0.15, 0.2) is 30.5 Å². The zero-order chi connectivity index (χ0) is 12.6. The van der Waals surface area contributed by atoms with Gasteiger partial charge in [-0.3, -0.25) is 0 Å². The number of nitrogens with zero attached hydrogens (tertiary/aromatic N) is 1. The monoisotopic (exact) mass is 233 g/mol. The van der Waals surface area contributed by atoms with E-state index < -0.39 is 18.0 Å². The van der Waals surface area contributed by atoms with Gasteiger partial charge >= 0.3 is 11.9 Å². The molecule has 2 aromatic rings. The van der Waals surface area contributed by atoms with Gasteiger partial charge in [0.05, 0.1) is 5.56 Å². The van der Waals surface area contributed by atoms with Gasteiger partial charge in [-0.15, -0.1) is 0 Å². The van der Waals surface area contributed by atoms with E-state index in [1.165, 1.54) is 12.1 Å². The Hall–Kier alpha value is -2.30. The SMILES string of the molecule is CC(C(=O)O)n1ccc2cc(C(=O)O)ccc21. The molecular weight excluding hydrogens is 222 g/mol. The number of carbonyl (C=O) groups is 2. The number of aliphatic carboxylic acids is 1. The minimum atomic E-state index is -0.995. The average Bonchev–Trinajstić information content (AvgIpc) is 2.70. The third kappa shape index (κ3) is 1.87. The maximum absolute atomic E-state index is 10.9. The van der Waals surface area contributed by atoms with Gasteiger partial charge in [-0.2, -0.15) is 0 Å². The van der Waals surface area contributed by atoms with Crippen molar-refractivity contribution in [1.82, 2.24) is 4.57 Å². The number of carboxylic acid groups (broad SMARTS) is 2. The first-order chi connectivity index (χ1) is 8.00. The van der Waals surface area contributed by atoms with Crippen molar-refractivity contribution in [3.05, 3.63) is 36.0 Å². The van der Waals surface area contributed by atoms with Crippen LogP contribution in [0.1, 0.15) is 23.3 Å². The maximum Gasteiger partial charge on any atom is 0.335 e. The number of hydrogen-bond donors (Lipinski definition) is 2. The summed E-state index contributed by atoms with van der Waals surface area (Å²) in [6.45, 7) is 1.58. The van der Waals surface area contributed by atoms with E-state index in [-0.39, 0.29) is 5.56 Å². The van der Waals surface area contributed by atoms with E-state index in [0.717, 1.165) is 5.39 Å². The standard InChI is InChI=1S/C12H11NO4/c1-7(11(14)15)13-5-4-8-6-9(12(16)17)2-3-10(8)13/h2-7H,1H3,(H,14,15)(H,16,17). The Labute approximate surface area is 96.9 Å². The predicted molar refractivity (Wildman–Crippen MR) is 61.2 cm³/mol. The van der Waals surface area contributed by atoms with Crippen LogP contribution in [0.5, 0.6) is 0 Å². The summed E-state index contributed by atoms with van der Waals surface area (Å²) in [7, 11) is 0. The number of aromatic nitrogens is 1. The summed E-state index contributed by atoms with van der Waals surface area (Å²) in [6, 6.07) is 5.65. The number of rotatable bonds is 3. The summed E-state index contributed by atoms with van der Waals surface area (Å²) in [4.78, 5) is 21.7. The van der Waals surface area contributed by atoms with Gasteiger partial charge in [0.15, 0.2) is 0 Å². The van der Waals surface area contributed by atoms with E-state index in [1.807, 2.05) is 0 Å². The van der Waals surface area contributed by atoms with Gasteiger partial charge in [-0.25, -0.2) is 9.59 Å². The number of hydrogen-bond acceptors (Lipinski definition) is 2. The quantitative estimate of drug-likeness (QED) is 0.849. The zero-order valence-electron chi connectivity index (χ0n) is 9.12. The number of aromatic carboxylic acids is 1. The van der Waals surface area contributed by atoms with Crippen LogP contribution in [0.2, 0.25) is 0 Å². The molecule has 5 heteroatoms. The van der Waals surface area contributed by atoms with Crippen molar-refractivity contribution in [2.75, 3.05) is 0 Å². The molecule has 0 saturated carbocycles. The van der Waals surface area contributed by atoms with Gasteiger partial charge in [0.25, 0.3) is 0 Å². The highest BCUT2D eigenvalue weighted by atomic mass is 16.4. The molecule has 1 aromatic heterocycles. The number of fused-ring (bicyclic) bond motifs is 1. The molecule has 0 aliphatic heterocycles. The van der Waals surface area contributed by atoms with Crippen LogP contribution in [0.4, 0.5) is 0 Å². The first-order valence-corrected chi connectivity index (χ1v) is 5.07. The zero-order valence-corrected chi connectivity index (χ0v) is 9.12. The second-order valence-corrected chi connectivity index (χ2v) is 3.82. The second kappa shape index (κ2) is 3.93. The molecule has 17 heavy (non-hydrogen) atoms. The van der Waals surface area contributed by atoms with Crippen molar-refractivity contribution in [2.45, 2.75) is 13.0 Å². The van der Waals surface area contributed by atoms with Gasteiger partial charge in [0.2, 0.25) is 0 Å². The van der Waals surface area contributed by atoms with E-state index >= 15 is 0 Å². The van der Waals surface area contributed by atoms with Gasteiger partial charge in [0.1, 0.15) is 6.04 Å². The smallest absolute Gasteiger partial charge is 0.335 e. The van der Waals surface area contributed by atoms with E-state index in [2.05, 4.69) is 0 Å². The number of benzene rings is 1. The third-order valence-corrected chi connectivity index (χ3v) is 2.74. The molecule has 0 radical (unpaired) electrons. The second-order valence-electron chi connectivity index (χ2n) is 3.82. The predicted octanol–water partition coefficient (Wildman–Crippen LogP) is 1.99. The van der Waals surface area contributed by atoms with Crippen molar-refractivity contribution in [3.8, 4) is 0 Å². The summed E-state index contributed by atoms with van der Waals surface area (Å²) in [5.41, 5.74) is 0.906. The van der Waals surface area contributed by atoms with Crippen LogP contribution in [0.25, 0.3) is 10.9 Å². The summed E-state index contributed by atoms with van der Waals surface area (Å²) < 4.78 is 1.60. The highest BCUT2D eigenvalue weighted by Gasteiger charge is 2.15. The van der Waals surface area contributed by atoms with Crippen LogP contribution < -0.4 is 0 Å². The van der Waals surface area contributed by atoms with Crippen LogP contribution >= 0.6 is 0 Å². The fourth-order valence-corrected chi connectivity index (χ4v) is 1.75. The van der Waals surface area contributed by atoms with Crippen molar-refractivity contribution < 1.29 is 19.8 Å². The van der Waals surface area contributed by atoms with E-state index in [0.29, 0.717) is 5.52 Å². The van der Waals surface area contributed by atoms with Crippen molar-refractivity contribution in [3.63, 3.8) is 0 Å². The Balaban J connectivity index is 2.56. The van der Waals surface area contributed by atoms with Gasteiger partial charge < -0.3 is 14.8 Å². The molecule has 0 aliphatic carbocycles. The molecule has 2 N–H and O–H groups in total. The van der Waals surface area contributed by atoms with Gasteiger partial charge in [0, 0.05) is 17.1 Å². The molecule has 0 amide bonds. The molecule has 1 atom stereocenters. The lowest BCUT2D eigenvalue weighted by Gasteiger charge is -2.10. The summed E-state index contributed by atoms with van der Waals surface area (Å²) in [6.07, 6.45) is 1.65. The molecule has 1 unspecified atom stereocenters. The Morgan fingerprint density at radius 2 is 1.94 bits per heavy atom. The Kier molecular flexibility index (Phi) is 2.59. The molecule has 5 nitrogen and oxygen atoms in total. The normalized spacial score (nSPS) is 12.5. The summed E-state index contributed by atoms with van der Waals surface area (Å²) >= 11 is 0. The first kappa shape index (κ1) is 11.2. The molecule has 0 fully saturated rings. The number of carboxylic acids is 2. The Morgan fingerprint density at radius 1 is 1.24 bits per heavy atom. The third-order valence-electron chi connectivity index (χ3n) is 2.74. The fourth-order valence-electron chi connectivity index (χ4n) is 1.75. The van der Waals surface area contributed by atoms with Crippen molar-refractivity contribution in [1.29, 1.82) is 0 Å². The van der Waals surface area contributed by atoms with E-state index in [1.54, 1.807) is 29.8 Å². The van der Waals surface area contributed by atoms with Crippen molar-refractivity contribution >= 4 is 22.8 Å². The average molecular weight is 233 g/mol. The molecule has 1 aromatic carbocycles. The fraction of sp³-hybridized carbons (Fsp3) is 0.167. The van der Waals surface area contributed by atoms with E-state index in [4.69, 9.17) is 10.2 Å². The Bertz CT molecular complexity index is 600. The molecule has 88 valence electrons. The van der Waals surface area contributed by atoms with Crippen LogP contribution in [-0.4, -0.2) is 26.7 Å². The lowest BCUT2D eigenvalue weighted by Crippen LogP contribution is -2.14. The van der Waals surface area contributed by atoms with Crippen LogP contribution in [-0.2, 0) is 4.79 Å². The minimum Gasteiger partial charge on any atom is -0.480 e. The topological polar surface area (TPSA) is 79.5 Å². The van der Waals surface area contributed by atoms with Crippen molar-refractivity contribution in [2.24, 2.45) is 0 Å². The first-order valence-electron chi connectivity index (χ1n) is 5.07. The van der Waals surface area contributed by atoms with Gasteiger partial charge in [-0.05, 0) is 31.2 Å². The van der Waals surface area contributed by atoms with E-state index in [9.17, 15) is 9.59 Å². The molecule has 0 aliphatic rings. The summed E-state index contributed by atoms with van der Waals surface area (Å²) in [5, 5.41) is 18.5. The molecule has 2 rings (SSSR count). The highest BCUT2D eigenvalue weighted by Crippen LogP contribution is 2.21. The lowest BCUT2D eigenvalue weighted by molar-refractivity contribution is -0.140. The maximum atomic E-state index is 10.9. The lowest BCUT2D eigenvalue weighted by atomic mass is 10.1. The summed E-state index contributed by atoms with van der Waals surface area (Å²) in [5.74, 6) is -1.92. The van der Waals surface area contributed by atoms with Crippen LogP contribution in [0, 0.1) is 0 Å². The largest absolute Gasteiger partial charge is 0.480 e. The molecule has 0 bridgehead atoms. The molecule has 1 heterocycles. The Morgan fingerprint density at radius 3 is 2.53 bits per heavy atom.